The lowest BCUT2D eigenvalue weighted by Crippen LogP contribution is -2.60. The second-order valence-electron chi connectivity index (χ2n) is 11.6. The number of rotatable bonds is 13. The average Bonchev–Trinajstić information content (AvgIpc) is 3.44. The number of aliphatic carboxylic acids is 1. The molecular formula is C29H38ClN5O9S. The molecule has 0 aliphatic carbocycles. The smallest absolute Gasteiger partial charge is 0.408 e. The molecule has 2 rings (SSSR count). The topological polar surface area (TPSA) is 212 Å². The van der Waals surface area contributed by atoms with Crippen molar-refractivity contribution in [3.8, 4) is 6.07 Å². The van der Waals surface area contributed by atoms with Gasteiger partial charge >= 0.3 is 12.1 Å². The molecule has 1 fully saturated rings. The number of hydrogen-bond donors (Lipinski definition) is 4. The lowest BCUT2D eigenvalue weighted by atomic mass is 9.85. The summed E-state index contributed by atoms with van der Waals surface area (Å²) in [7, 11) is -3.78. The first-order valence-corrected chi connectivity index (χ1v) is 16.3. The van der Waals surface area contributed by atoms with Gasteiger partial charge in [0, 0.05) is 12.8 Å². The summed E-state index contributed by atoms with van der Waals surface area (Å²) in [5.41, 5.74) is -0.254. The van der Waals surface area contributed by atoms with E-state index in [9.17, 15) is 37.5 Å². The molecule has 1 aromatic rings. The monoisotopic (exact) mass is 667 g/mol. The van der Waals surface area contributed by atoms with Crippen molar-refractivity contribution in [1.29, 1.82) is 5.26 Å². The maximum atomic E-state index is 13.8. The molecule has 16 heteroatoms. The van der Waals surface area contributed by atoms with Crippen molar-refractivity contribution in [2.45, 2.75) is 77.2 Å². The number of likely N-dealkylation sites (tertiary alicyclic amines) is 1. The van der Waals surface area contributed by atoms with Crippen LogP contribution in [0.15, 0.2) is 40.8 Å². The SMILES string of the molecule is CC(C)(C)C(NC(=O)[C@H](CC(=O)O)NC(=O)OCc1ccccc1)C(=O)N1CCC[C@@H]1C(=O)N[C@H](/C=C(\Cl)S(C)(=O)=O)CC#N. The summed E-state index contributed by atoms with van der Waals surface area (Å²) < 4.78 is 28.0. The number of carbonyl (C=O) groups excluding carboxylic acids is 4. The number of nitrogens with one attached hydrogen (secondary N) is 3. The van der Waals surface area contributed by atoms with Crippen LogP contribution in [0.25, 0.3) is 0 Å². The Kier molecular flexibility index (Phi) is 13.4. The third-order valence-electron chi connectivity index (χ3n) is 6.76. The van der Waals surface area contributed by atoms with E-state index in [0.29, 0.717) is 12.0 Å². The number of benzene rings is 1. The Morgan fingerprint density at radius 2 is 1.80 bits per heavy atom. The molecule has 0 saturated carbocycles. The van der Waals surface area contributed by atoms with Crippen molar-refractivity contribution in [2.75, 3.05) is 12.8 Å². The zero-order chi connectivity index (χ0) is 33.9. The van der Waals surface area contributed by atoms with Gasteiger partial charge in [-0.2, -0.15) is 5.26 Å². The number of carboxylic acids is 1. The van der Waals surface area contributed by atoms with E-state index in [-0.39, 0.29) is 26.0 Å². The standard InChI is InChI=1S/C29H38ClN5O9S/c1-29(2,3)24(34-25(38)20(16-23(36)37)33-28(41)44-17-18-9-6-5-7-10-18)27(40)35-14-8-11-21(35)26(39)32-19(12-13-31)15-22(30)45(4,42)43/h5-7,9-10,15,19-21,24H,8,11-12,14,16-17H2,1-4H3,(H,32,39)(H,33,41)(H,34,38)(H,36,37)/b22-15+/t19-,20-,21+,24?/m0/s1. The average molecular weight is 668 g/mol. The van der Waals surface area contributed by atoms with Gasteiger partial charge in [-0.15, -0.1) is 0 Å². The number of halogens is 1. The molecule has 0 aromatic heterocycles. The minimum atomic E-state index is -3.78. The van der Waals surface area contributed by atoms with Crippen molar-refractivity contribution in [3.05, 3.63) is 46.3 Å². The number of nitrogens with zero attached hydrogens (tertiary/aromatic N) is 2. The van der Waals surface area contributed by atoms with Gasteiger partial charge in [0.15, 0.2) is 9.84 Å². The first kappa shape index (κ1) is 37.0. The molecule has 0 bridgehead atoms. The van der Waals surface area contributed by atoms with Crippen LogP contribution in [0, 0.1) is 16.7 Å². The van der Waals surface area contributed by atoms with E-state index in [1.165, 1.54) is 4.90 Å². The molecule has 1 unspecified atom stereocenters. The van der Waals surface area contributed by atoms with E-state index in [2.05, 4.69) is 16.0 Å². The fourth-order valence-corrected chi connectivity index (χ4v) is 5.03. The third-order valence-corrected chi connectivity index (χ3v) is 8.57. The van der Waals surface area contributed by atoms with Gasteiger partial charge < -0.3 is 30.7 Å². The molecule has 0 spiro atoms. The quantitative estimate of drug-likeness (QED) is 0.239. The van der Waals surface area contributed by atoms with Crippen LogP contribution < -0.4 is 16.0 Å². The highest BCUT2D eigenvalue weighted by Crippen LogP contribution is 2.26. The van der Waals surface area contributed by atoms with E-state index >= 15 is 0 Å². The number of alkyl carbamates (subject to hydrolysis) is 1. The fraction of sp³-hybridized carbons (Fsp3) is 0.517. The highest BCUT2D eigenvalue weighted by Gasteiger charge is 2.43. The summed E-state index contributed by atoms with van der Waals surface area (Å²) in [6.45, 7) is 5.02. The van der Waals surface area contributed by atoms with Crippen molar-refractivity contribution in [2.24, 2.45) is 5.41 Å². The third kappa shape index (κ3) is 11.7. The number of hydrogen-bond acceptors (Lipinski definition) is 9. The Labute approximate surface area is 267 Å². The van der Waals surface area contributed by atoms with E-state index in [4.69, 9.17) is 21.6 Å². The van der Waals surface area contributed by atoms with Gasteiger partial charge in [0.05, 0.1) is 25.0 Å². The van der Waals surface area contributed by atoms with Crippen molar-refractivity contribution < 1.29 is 42.2 Å². The Hall–Kier alpha value is -4.16. The van der Waals surface area contributed by atoms with E-state index in [0.717, 1.165) is 12.3 Å². The molecule has 14 nitrogen and oxygen atoms in total. The van der Waals surface area contributed by atoms with Gasteiger partial charge in [0.1, 0.15) is 29.1 Å². The summed E-state index contributed by atoms with van der Waals surface area (Å²) in [5.74, 6) is -3.61. The molecular weight excluding hydrogens is 630 g/mol. The Balaban J connectivity index is 2.21. The molecule has 246 valence electrons. The molecule has 4 amide bonds. The van der Waals surface area contributed by atoms with Crippen LogP contribution in [-0.4, -0.2) is 85.2 Å². The molecule has 1 saturated heterocycles. The van der Waals surface area contributed by atoms with Gasteiger partial charge in [-0.3, -0.25) is 19.2 Å². The predicted molar refractivity (Wildman–Crippen MR) is 163 cm³/mol. The van der Waals surface area contributed by atoms with Crippen LogP contribution in [0.2, 0.25) is 0 Å². The maximum Gasteiger partial charge on any atom is 0.408 e. The summed E-state index contributed by atoms with van der Waals surface area (Å²) in [6, 6.07) is 5.65. The number of amides is 4. The Morgan fingerprint density at radius 1 is 1.16 bits per heavy atom. The lowest BCUT2D eigenvalue weighted by molar-refractivity contribution is -0.145. The lowest BCUT2D eigenvalue weighted by Gasteiger charge is -2.36. The van der Waals surface area contributed by atoms with Gasteiger partial charge in [-0.05, 0) is 29.9 Å². The highest BCUT2D eigenvalue weighted by atomic mass is 35.5. The second kappa shape index (κ2) is 16.2. The molecule has 4 atom stereocenters. The number of ether oxygens (including phenoxy) is 1. The van der Waals surface area contributed by atoms with Crippen LogP contribution in [0.5, 0.6) is 0 Å². The molecule has 1 aliphatic rings. The second-order valence-corrected chi connectivity index (χ2v) is 14.2. The maximum absolute atomic E-state index is 13.8. The van der Waals surface area contributed by atoms with E-state index in [1.807, 2.05) is 6.07 Å². The predicted octanol–water partition coefficient (Wildman–Crippen LogP) is 1.80. The Morgan fingerprint density at radius 3 is 2.36 bits per heavy atom. The van der Waals surface area contributed by atoms with Crippen LogP contribution in [0.4, 0.5) is 4.79 Å². The van der Waals surface area contributed by atoms with Gasteiger partial charge in [0.25, 0.3) is 0 Å². The zero-order valence-corrected chi connectivity index (χ0v) is 27.0. The van der Waals surface area contributed by atoms with Crippen molar-refractivity contribution in [3.63, 3.8) is 0 Å². The summed E-state index contributed by atoms with van der Waals surface area (Å²) >= 11 is 5.82. The molecule has 1 heterocycles. The molecule has 1 aromatic carbocycles. The molecule has 45 heavy (non-hydrogen) atoms. The fourth-order valence-electron chi connectivity index (χ4n) is 4.46. The first-order chi connectivity index (χ1) is 20.9. The molecule has 1 aliphatic heterocycles. The number of carbonyl (C=O) groups is 5. The van der Waals surface area contributed by atoms with Crippen LogP contribution in [-0.2, 0) is 40.4 Å². The van der Waals surface area contributed by atoms with Crippen LogP contribution in [0.3, 0.4) is 0 Å². The van der Waals surface area contributed by atoms with E-state index in [1.54, 1.807) is 51.1 Å². The van der Waals surface area contributed by atoms with Crippen molar-refractivity contribution >= 4 is 51.2 Å². The summed E-state index contributed by atoms with van der Waals surface area (Å²) in [4.78, 5) is 65.6. The first-order valence-electron chi connectivity index (χ1n) is 14.0. The van der Waals surface area contributed by atoms with Crippen LogP contribution >= 0.6 is 11.6 Å². The van der Waals surface area contributed by atoms with Gasteiger partial charge in [0.2, 0.25) is 17.7 Å². The molecule has 0 radical (unpaired) electrons. The largest absolute Gasteiger partial charge is 0.481 e. The Bertz CT molecular complexity index is 1440. The van der Waals surface area contributed by atoms with E-state index < -0.39 is 80.0 Å². The van der Waals surface area contributed by atoms with Crippen LogP contribution in [0.1, 0.15) is 52.0 Å². The number of sulfone groups is 1. The van der Waals surface area contributed by atoms with Gasteiger partial charge in [-0.25, -0.2) is 13.2 Å². The van der Waals surface area contributed by atoms with Gasteiger partial charge in [-0.1, -0.05) is 62.7 Å². The minimum absolute atomic E-state index is 0.124. The zero-order valence-electron chi connectivity index (χ0n) is 25.4. The molecule has 4 N–H and O–H groups in total. The summed E-state index contributed by atoms with van der Waals surface area (Å²) in [5, 5.41) is 25.9. The number of carboxylic acid groups (broad SMARTS) is 1. The normalized spacial score (nSPS) is 17.3. The summed E-state index contributed by atoms with van der Waals surface area (Å²) in [6.07, 6.45) is 0.486. The minimum Gasteiger partial charge on any atom is -0.481 e. The van der Waals surface area contributed by atoms with Crippen molar-refractivity contribution in [1.82, 2.24) is 20.9 Å². The number of nitriles is 1. The highest BCUT2D eigenvalue weighted by molar-refractivity contribution is 7.96.